The zero-order valence-corrected chi connectivity index (χ0v) is 18.5. The SMILES string of the molecule is Cc1ccc(NC(=O)CN2C(=O)N/C(=C/c3ccc(-c4ccc(Cl)cc4[N+](=O)[O-])o3)C2=O)cc1. The van der Waals surface area contributed by atoms with E-state index in [1.165, 1.54) is 36.4 Å². The van der Waals surface area contributed by atoms with Gasteiger partial charge in [-0.1, -0.05) is 29.3 Å². The Labute approximate surface area is 197 Å². The second-order valence-corrected chi connectivity index (χ2v) is 7.85. The number of nitrogens with one attached hydrogen (secondary N) is 2. The summed E-state index contributed by atoms with van der Waals surface area (Å²) in [7, 11) is 0. The van der Waals surface area contributed by atoms with Crippen molar-refractivity contribution in [2.75, 3.05) is 11.9 Å². The Morgan fingerprint density at radius 2 is 1.91 bits per heavy atom. The topological polar surface area (TPSA) is 135 Å². The normalized spacial score (nSPS) is 14.4. The first kappa shape index (κ1) is 22.7. The first-order valence-corrected chi connectivity index (χ1v) is 10.3. The molecule has 1 saturated heterocycles. The monoisotopic (exact) mass is 480 g/mol. The van der Waals surface area contributed by atoms with E-state index < -0.39 is 29.3 Å². The molecule has 4 rings (SSSR count). The number of imide groups is 1. The fourth-order valence-electron chi connectivity index (χ4n) is 3.28. The third-order valence-electron chi connectivity index (χ3n) is 4.93. The molecule has 172 valence electrons. The number of carbonyl (C=O) groups excluding carboxylic acids is 3. The average molecular weight is 481 g/mol. The number of nitro benzene ring substituents is 1. The number of benzene rings is 2. The summed E-state index contributed by atoms with van der Waals surface area (Å²) >= 11 is 5.84. The Balaban J connectivity index is 1.49. The number of anilines is 1. The quantitative estimate of drug-likeness (QED) is 0.233. The number of hydrogen-bond donors (Lipinski definition) is 2. The smallest absolute Gasteiger partial charge is 0.329 e. The zero-order chi connectivity index (χ0) is 24.4. The predicted octanol–water partition coefficient (Wildman–Crippen LogP) is 4.35. The highest BCUT2D eigenvalue weighted by Crippen LogP contribution is 2.33. The predicted molar refractivity (Wildman–Crippen MR) is 124 cm³/mol. The molecule has 0 aliphatic carbocycles. The van der Waals surface area contributed by atoms with Gasteiger partial charge < -0.3 is 15.1 Å². The number of amides is 4. The number of rotatable bonds is 6. The number of nitrogens with zero attached hydrogens (tertiary/aromatic N) is 2. The first-order chi connectivity index (χ1) is 16.2. The van der Waals surface area contributed by atoms with E-state index in [4.69, 9.17) is 16.0 Å². The standard InChI is InChI=1S/C23H17ClN4O6/c1-13-2-5-15(6-3-13)25-21(29)12-27-22(30)18(26-23(27)31)11-16-7-9-20(34-16)17-8-4-14(24)10-19(17)28(32)33/h2-11H,12H2,1H3,(H,25,29)(H,26,31)/b18-11+. The molecule has 0 bridgehead atoms. The summed E-state index contributed by atoms with van der Waals surface area (Å²) < 4.78 is 5.63. The van der Waals surface area contributed by atoms with Gasteiger partial charge in [0.25, 0.3) is 11.6 Å². The summed E-state index contributed by atoms with van der Waals surface area (Å²) in [4.78, 5) is 48.7. The van der Waals surface area contributed by atoms with Crippen molar-refractivity contribution in [3.63, 3.8) is 0 Å². The molecule has 1 aliphatic heterocycles. The van der Waals surface area contributed by atoms with E-state index in [1.54, 1.807) is 12.1 Å². The van der Waals surface area contributed by atoms with Gasteiger partial charge in [0.1, 0.15) is 23.8 Å². The molecular weight excluding hydrogens is 464 g/mol. The van der Waals surface area contributed by atoms with Crippen LogP contribution in [0.5, 0.6) is 0 Å². The molecule has 11 heteroatoms. The first-order valence-electron chi connectivity index (χ1n) is 9.96. The Bertz CT molecular complexity index is 1350. The van der Waals surface area contributed by atoms with Crippen LogP contribution >= 0.6 is 11.6 Å². The van der Waals surface area contributed by atoms with Gasteiger partial charge in [-0.25, -0.2) is 9.69 Å². The lowest BCUT2D eigenvalue weighted by Crippen LogP contribution is -2.38. The van der Waals surface area contributed by atoms with Gasteiger partial charge in [-0.3, -0.25) is 19.7 Å². The fourth-order valence-corrected chi connectivity index (χ4v) is 3.44. The van der Waals surface area contributed by atoms with Crippen molar-refractivity contribution in [1.29, 1.82) is 0 Å². The summed E-state index contributed by atoms with van der Waals surface area (Å²) in [5.41, 5.74) is 1.43. The van der Waals surface area contributed by atoms with Crippen LogP contribution in [0.2, 0.25) is 5.02 Å². The zero-order valence-electron chi connectivity index (χ0n) is 17.7. The Kier molecular flexibility index (Phi) is 6.15. The highest BCUT2D eigenvalue weighted by Gasteiger charge is 2.35. The van der Waals surface area contributed by atoms with Crippen molar-refractivity contribution < 1.29 is 23.7 Å². The largest absolute Gasteiger partial charge is 0.456 e. The van der Waals surface area contributed by atoms with E-state index in [-0.39, 0.29) is 33.5 Å². The summed E-state index contributed by atoms with van der Waals surface area (Å²) in [5.74, 6) is -0.890. The molecule has 1 fully saturated rings. The number of furan rings is 1. The van der Waals surface area contributed by atoms with Crippen LogP contribution in [0.4, 0.5) is 16.2 Å². The van der Waals surface area contributed by atoms with E-state index in [9.17, 15) is 24.5 Å². The number of hydrogen-bond acceptors (Lipinski definition) is 6. The molecular formula is C23H17ClN4O6. The maximum absolute atomic E-state index is 12.7. The number of aryl methyl sites for hydroxylation is 1. The molecule has 1 aromatic heterocycles. The van der Waals surface area contributed by atoms with Crippen LogP contribution < -0.4 is 10.6 Å². The molecule has 0 atom stereocenters. The van der Waals surface area contributed by atoms with Crippen LogP contribution in [-0.2, 0) is 9.59 Å². The van der Waals surface area contributed by atoms with Crippen LogP contribution in [-0.4, -0.2) is 34.2 Å². The Morgan fingerprint density at radius 3 is 2.62 bits per heavy atom. The maximum atomic E-state index is 12.7. The highest BCUT2D eigenvalue weighted by atomic mass is 35.5. The van der Waals surface area contributed by atoms with E-state index in [0.717, 1.165) is 10.5 Å². The molecule has 3 aromatic rings. The van der Waals surface area contributed by atoms with E-state index in [1.807, 2.05) is 19.1 Å². The maximum Gasteiger partial charge on any atom is 0.329 e. The van der Waals surface area contributed by atoms with Crippen molar-refractivity contribution >= 4 is 46.9 Å². The minimum atomic E-state index is -0.754. The molecule has 2 heterocycles. The van der Waals surface area contributed by atoms with E-state index >= 15 is 0 Å². The Morgan fingerprint density at radius 1 is 1.18 bits per heavy atom. The lowest BCUT2D eigenvalue weighted by molar-refractivity contribution is -0.384. The van der Waals surface area contributed by atoms with Crippen molar-refractivity contribution in [2.45, 2.75) is 6.92 Å². The Hall–Kier alpha value is -4.44. The van der Waals surface area contributed by atoms with Gasteiger partial charge >= 0.3 is 6.03 Å². The minimum Gasteiger partial charge on any atom is -0.456 e. The van der Waals surface area contributed by atoms with Gasteiger partial charge in [-0.15, -0.1) is 0 Å². The number of carbonyl (C=O) groups is 3. The molecule has 0 saturated carbocycles. The number of nitro groups is 1. The lowest BCUT2D eigenvalue weighted by atomic mass is 10.1. The van der Waals surface area contributed by atoms with Gasteiger partial charge in [-0.2, -0.15) is 0 Å². The van der Waals surface area contributed by atoms with Gasteiger partial charge in [0.15, 0.2) is 0 Å². The van der Waals surface area contributed by atoms with E-state index in [2.05, 4.69) is 10.6 Å². The summed E-state index contributed by atoms with van der Waals surface area (Å²) in [5, 5.41) is 16.6. The lowest BCUT2D eigenvalue weighted by Gasteiger charge is -2.12. The van der Waals surface area contributed by atoms with Crippen molar-refractivity contribution in [1.82, 2.24) is 10.2 Å². The third-order valence-corrected chi connectivity index (χ3v) is 5.17. The second kappa shape index (κ2) is 9.20. The average Bonchev–Trinajstić information content (AvgIpc) is 3.35. The van der Waals surface area contributed by atoms with Crippen molar-refractivity contribution in [3.8, 4) is 11.3 Å². The van der Waals surface area contributed by atoms with Crippen molar-refractivity contribution in [2.24, 2.45) is 0 Å². The van der Waals surface area contributed by atoms with Gasteiger partial charge in [0, 0.05) is 22.9 Å². The molecule has 4 amide bonds. The number of urea groups is 1. The fraction of sp³-hybridized carbons (Fsp3) is 0.0870. The van der Waals surface area contributed by atoms with Crippen LogP contribution in [0.25, 0.3) is 17.4 Å². The third kappa shape index (κ3) is 4.81. The van der Waals surface area contributed by atoms with Gasteiger partial charge in [0.2, 0.25) is 5.91 Å². The molecule has 10 nitrogen and oxygen atoms in total. The summed E-state index contributed by atoms with van der Waals surface area (Å²) in [6.07, 6.45) is 1.28. The van der Waals surface area contributed by atoms with Gasteiger partial charge in [0.05, 0.1) is 10.5 Å². The number of halogens is 1. The molecule has 0 spiro atoms. The van der Waals surface area contributed by atoms with Crippen LogP contribution in [0.1, 0.15) is 11.3 Å². The highest BCUT2D eigenvalue weighted by molar-refractivity contribution is 6.31. The summed E-state index contributed by atoms with van der Waals surface area (Å²) in [6.45, 7) is 1.43. The second-order valence-electron chi connectivity index (χ2n) is 7.41. The molecule has 34 heavy (non-hydrogen) atoms. The van der Waals surface area contributed by atoms with Crippen molar-refractivity contribution in [3.05, 3.63) is 86.8 Å². The van der Waals surface area contributed by atoms with Crippen LogP contribution in [0, 0.1) is 17.0 Å². The van der Waals surface area contributed by atoms with Gasteiger partial charge in [-0.05, 0) is 43.3 Å². The van der Waals surface area contributed by atoms with E-state index in [0.29, 0.717) is 5.69 Å². The van der Waals surface area contributed by atoms with Crippen LogP contribution in [0.15, 0.2) is 64.7 Å². The van der Waals surface area contributed by atoms with Crippen LogP contribution in [0.3, 0.4) is 0 Å². The molecule has 0 unspecified atom stereocenters. The molecule has 2 aromatic carbocycles. The summed E-state index contributed by atoms with van der Waals surface area (Å²) in [6, 6.07) is 13.4. The minimum absolute atomic E-state index is 0.0976. The molecule has 1 aliphatic rings. The molecule has 0 radical (unpaired) electrons. The molecule has 2 N–H and O–H groups in total.